The highest BCUT2D eigenvalue weighted by atomic mass is 19.1. The van der Waals surface area contributed by atoms with E-state index in [4.69, 9.17) is 5.73 Å². The molecule has 5 heteroatoms. The van der Waals surface area contributed by atoms with Crippen LogP contribution in [-0.2, 0) is 4.79 Å². The molecule has 2 aromatic carbocycles. The van der Waals surface area contributed by atoms with Crippen LogP contribution < -0.4 is 16.0 Å². The normalized spacial score (nSPS) is 10.2. The summed E-state index contributed by atoms with van der Waals surface area (Å²) in [7, 11) is 1.78. The summed E-state index contributed by atoms with van der Waals surface area (Å²) in [5.41, 5.74) is 8.76. The Labute approximate surface area is 123 Å². The van der Waals surface area contributed by atoms with Gasteiger partial charge in [0.1, 0.15) is 5.82 Å². The van der Waals surface area contributed by atoms with Crippen LogP contribution in [0, 0.1) is 12.7 Å². The average molecular weight is 287 g/mol. The smallest absolute Gasteiger partial charge is 0.243 e. The van der Waals surface area contributed by atoms with Gasteiger partial charge in [0.2, 0.25) is 5.91 Å². The molecule has 0 saturated heterocycles. The summed E-state index contributed by atoms with van der Waals surface area (Å²) >= 11 is 0. The van der Waals surface area contributed by atoms with Crippen molar-refractivity contribution in [2.75, 3.05) is 29.5 Å². The molecule has 3 N–H and O–H groups in total. The molecule has 110 valence electrons. The van der Waals surface area contributed by atoms with E-state index in [1.54, 1.807) is 42.3 Å². The third kappa shape index (κ3) is 3.95. The number of nitrogens with zero attached hydrogens (tertiary/aromatic N) is 1. The summed E-state index contributed by atoms with van der Waals surface area (Å²) in [6, 6.07) is 11.3. The fourth-order valence-electron chi connectivity index (χ4n) is 2.02. The quantitative estimate of drug-likeness (QED) is 0.850. The summed E-state index contributed by atoms with van der Waals surface area (Å²) in [6.45, 7) is 2.06. The minimum absolute atomic E-state index is 0.144. The van der Waals surface area contributed by atoms with Gasteiger partial charge in [-0.3, -0.25) is 4.79 Å². The molecule has 0 bridgehead atoms. The molecular weight excluding hydrogens is 269 g/mol. The van der Waals surface area contributed by atoms with Gasteiger partial charge in [0.05, 0.1) is 6.54 Å². The van der Waals surface area contributed by atoms with Crippen LogP contribution in [-0.4, -0.2) is 19.5 Å². The standard InChI is InChI=1S/C16H18FN3O/c1-11-9-13(18)5-8-15(11)19-16(21)10-20(2)14-6-3-12(17)4-7-14/h3-9H,10,18H2,1-2H3,(H,19,21). The van der Waals surface area contributed by atoms with Crippen molar-refractivity contribution in [1.82, 2.24) is 0 Å². The van der Waals surface area contributed by atoms with Crippen LogP contribution >= 0.6 is 0 Å². The second-order valence-corrected chi connectivity index (χ2v) is 4.96. The largest absolute Gasteiger partial charge is 0.399 e. The van der Waals surface area contributed by atoms with Crippen molar-refractivity contribution in [3.8, 4) is 0 Å². The first-order valence-corrected chi connectivity index (χ1v) is 6.58. The minimum atomic E-state index is -0.297. The predicted molar refractivity (Wildman–Crippen MR) is 83.9 cm³/mol. The number of hydrogen-bond donors (Lipinski definition) is 2. The molecule has 0 aliphatic heterocycles. The first-order chi connectivity index (χ1) is 9.95. The molecular formula is C16H18FN3O. The third-order valence-electron chi connectivity index (χ3n) is 3.17. The van der Waals surface area contributed by atoms with Crippen molar-refractivity contribution < 1.29 is 9.18 Å². The molecule has 2 rings (SSSR count). The summed E-state index contributed by atoms with van der Waals surface area (Å²) in [5, 5.41) is 2.84. The van der Waals surface area contributed by atoms with Gasteiger partial charge in [0.25, 0.3) is 0 Å². The first kappa shape index (κ1) is 14.8. The summed E-state index contributed by atoms with van der Waals surface area (Å²) in [5.74, 6) is -0.441. The van der Waals surface area contributed by atoms with Crippen LogP contribution in [0.5, 0.6) is 0 Å². The first-order valence-electron chi connectivity index (χ1n) is 6.58. The Balaban J connectivity index is 1.99. The van der Waals surface area contributed by atoms with Crippen molar-refractivity contribution in [2.45, 2.75) is 6.92 Å². The molecule has 0 unspecified atom stereocenters. The predicted octanol–water partition coefficient (Wildman–Crippen LogP) is 2.79. The lowest BCUT2D eigenvalue weighted by Gasteiger charge is -2.19. The molecule has 4 nitrogen and oxygen atoms in total. The van der Waals surface area contributed by atoms with E-state index in [9.17, 15) is 9.18 Å². The van der Waals surface area contributed by atoms with Gasteiger partial charge in [0, 0.05) is 24.1 Å². The average Bonchev–Trinajstić information content (AvgIpc) is 2.42. The highest BCUT2D eigenvalue weighted by Gasteiger charge is 2.09. The molecule has 0 fully saturated rings. The molecule has 0 aromatic heterocycles. The van der Waals surface area contributed by atoms with Crippen molar-refractivity contribution >= 4 is 23.0 Å². The summed E-state index contributed by atoms with van der Waals surface area (Å²) in [6.07, 6.45) is 0. The van der Waals surface area contributed by atoms with Crippen molar-refractivity contribution in [3.63, 3.8) is 0 Å². The minimum Gasteiger partial charge on any atom is -0.399 e. The molecule has 0 spiro atoms. The number of benzene rings is 2. The van der Waals surface area contributed by atoms with Crippen molar-refractivity contribution in [1.29, 1.82) is 0 Å². The zero-order valence-corrected chi connectivity index (χ0v) is 12.1. The topological polar surface area (TPSA) is 58.4 Å². The van der Waals surface area contributed by atoms with E-state index in [-0.39, 0.29) is 18.3 Å². The molecule has 0 saturated carbocycles. The number of nitrogen functional groups attached to an aromatic ring is 1. The van der Waals surface area contributed by atoms with Gasteiger partial charge in [-0.1, -0.05) is 0 Å². The Bertz CT molecular complexity index is 640. The molecule has 1 amide bonds. The number of aryl methyl sites for hydroxylation is 1. The van der Waals surface area contributed by atoms with E-state index < -0.39 is 0 Å². The van der Waals surface area contributed by atoms with Crippen LogP contribution in [0.4, 0.5) is 21.5 Å². The van der Waals surface area contributed by atoms with Gasteiger partial charge in [-0.05, 0) is 55.0 Å². The van der Waals surface area contributed by atoms with Crippen LogP contribution in [0.25, 0.3) is 0 Å². The van der Waals surface area contributed by atoms with Gasteiger partial charge < -0.3 is 16.0 Å². The number of carbonyl (C=O) groups excluding carboxylic acids is 1. The maximum absolute atomic E-state index is 12.9. The fourth-order valence-corrected chi connectivity index (χ4v) is 2.02. The second-order valence-electron chi connectivity index (χ2n) is 4.96. The van der Waals surface area contributed by atoms with Crippen LogP contribution in [0.3, 0.4) is 0 Å². The van der Waals surface area contributed by atoms with Gasteiger partial charge in [-0.15, -0.1) is 0 Å². The fraction of sp³-hybridized carbons (Fsp3) is 0.188. The lowest BCUT2D eigenvalue weighted by molar-refractivity contribution is -0.114. The van der Waals surface area contributed by atoms with E-state index in [0.29, 0.717) is 5.69 Å². The van der Waals surface area contributed by atoms with E-state index >= 15 is 0 Å². The Kier molecular flexibility index (Phi) is 4.42. The highest BCUT2D eigenvalue weighted by molar-refractivity contribution is 5.94. The zero-order chi connectivity index (χ0) is 15.4. The summed E-state index contributed by atoms with van der Waals surface area (Å²) < 4.78 is 12.9. The number of hydrogen-bond acceptors (Lipinski definition) is 3. The third-order valence-corrected chi connectivity index (χ3v) is 3.17. The van der Waals surface area contributed by atoms with Gasteiger partial charge in [-0.2, -0.15) is 0 Å². The zero-order valence-electron chi connectivity index (χ0n) is 12.1. The number of halogens is 1. The Morgan fingerprint density at radius 1 is 1.24 bits per heavy atom. The Morgan fingerprint density at radius 2 is 1.90 bits per heavy atom. The molecule has 2 aromatic rings. The number of carbonyl (C=O) groups is 1. The van der Waals surface area contributed by atoms with E-state index in [0.717, 1.165) is 16.9 Å². The van der Waals surface area contributed by atoms with Crippen LogP contribution in [0.1, 0.15) is 5.56 Å². The molecule has 0 radical (unpaired) electrons. The number of amides is 1. The molecule has 21 heavy (non-hydrogen) atoms. The second kappa shape index (κ2) is 6.26. The van der Waals surface area contributed by atoms with Gasteiger partial charge >= 0.3 is 0 Å². The summed E-state index contributed by atoms with van der Waals surface area (Å²) in [4.78, 5) is 13.8. The SMILES string of the molecule is Cc1cc(N)ccc1NC(=O)CN(C)c1ccc(F)cc1. The van der Waals surface area contributed by atoms with Crippen molar-refractivity contribution in [3.05, 3.63) is 53.8 Å². The molecule has 0 heterocycles. The monoisotopic (exact) mass is 287 g/mol. The van der Waals surface area contributed by atoms with E-state index in [2.05, 4.69) is 5.32 Å². The number of likely N-dealkylation sites (N-methyl/N-ethyl adjacent to an activating group) is 1. The maximum atomic E-state index is 12.9. The molecule has 0 aliphatic carbocycles. The Morgan fingerprint density at radius 3 is 2.52 bits per heavy atom. The lowest BCUT2D eigenvalue weighted by atomic mass is 10.2. The molecule has 0 atom stereocenters. The number of nitrogens with one attached hydrogen (secondary N) is 1. The van der Waals surface area contributed by atoms with Crippen molar-refractivity contribution in [2.24, 2.45) is 0 Å². The number of rotatable bonds is 4. The van der Waals surface area contributed by atoms with Crippen LogP contribution in [0.2, 0.25) is 0 Å². The van der Waals surface area contributed by atoms with E-state index in [1.807, 2.05) is 6.92 Å². The van der Waals surface area contributed by atoms with Crippen LogP contribution in [0.15, 0.2) is 42.5 Å². The van der Waals surface area contributed by atoms with Gasteiger partial charge in [0.15, 0.2) is 0 Å². The van der Waals surface area contributed by atoms with E-state index in [1.165, 1.54) is 12.1 Å². The lowest BCUT2D eigenvalue weighted by Crippen LogP contribution is -2.30. The highest BCUT2D eigenvalue weighted by Crippen LogP contribution is 2.18. The molecule has 0 aliphatic rings. The Hall–Kier alpha value is -2.56. The van der Waals surface area contributed by atoms with Gasteiger partial charge in [-0.25, -0.2) is 4.39 Å². The maximum Gasteiger partial charge on any atom is 0.243 e. The number of anilines is 3. The number of nitrogens with two attached hydrogens (primary N) is 1.